The van der Waals surface area contributed by atoms with Crippen LogP contribution < -0.4 is 0 Å². The molecule has 3 atom stereocenters. The molecule has 2 unspecified atom stereocenters. The van der Waals surface area contributed by atoms with E-state index in [4.69, 9.17) is 21.1 Å². The number of fused-ring (bicyclic) bond motifs is 1. The predicted octanol–water partition coefficient (Wildman–Crippen LogP) is 6.17. The molecule has 2 aliphatic rings. The lowest BCUT2D eigenvalue weighted by Gasteiger charge is -2.29. The van der Waals surface area contributed by atoms with E-state index >= 15 is 0 Å². The lowest BCUT2D eigenvalue weighted by atomic mass is 9.99. The number of aromatic nitrogens is 2. The molecule has 2 heterocycles. The summed E-state index contributed by atoms with van der Waals surface area (Å²) in [5.74, 6) is -0.665. The van der Waals surface area contributed by atoms with Gasteiger partial charge >= 0.3 is 0 Å². The number of hydrogen-bond acceptors (Lipinski definition) is 4. The van der Waals surface area contributed by atoms with Crippen molar-refractivity contribution in [3.63, 3.8) is 0 Å². The summed E-state index contributed by atoms with van der Waals surface area (Å²) in [6, 6.07) is 15.0. The number of allylic oxidation sites excluding steroid dienone is 4. The molecule has 1 fully saturated rings. The number of ether oxygens (including phenoxy) is 2. The van der Waals surface area contributed by atoms with Crippen molar-refractivity contribution >= 4 is 34.1 Å². The molecule has 31 heavy (non-hydrogen) atoms. The van der Waals surface area contributed by atoms with Gasteiger partial charge in [0, 0.05) is 23.7 Å². The van der Waals surface area contributed by atoms with E-state index in [0.29, 0.717) is 13.2 Å². The van der Waals surface area contributed by atoms with Crippen LogP contribution in [0.15, 0.2) is 89.9 Å². The maximum atomic E-state index is 6.57. The largest absolute Gasteiger partial charge is 0.344 e. The summed E-state index contributed by atoms with van der Waals surface area (Å²) in [6.07, 6.45) is 14.5. The number of benzene rings is 2. The van der Waals surface area contributed by atoms with E-state index in [9.17, 15) is 0 Å². The van der Waals surface area contributed by atoms with E-state index < -0.39 is 5.79 Å². The third-order valence-corrected chi connectivity index (χ3v) is 7.06. The fourth-order valence-corrected chi connectivity index (χ4v) is 5.25. The molecule has 160 valence electrons. The summed E-state index contributed by atoms with van der Waals surface area (Å²) in [5.41, 5.74) is 1.24. The molecule has 1 aromatic heterocycles. The van der Waals surface area contributed by atoms with Crippen LogP contribution in [0.4, 0.5) is 0 Å². The quantitative estimate of drug-likeness (QED) is 0.401. The van der Waals surface area contributed by atoms with Gasteiger partial charge in [0.1, 0.15) is 5.44 Å². The lowest BCUT2D eigenvalue weighted by molar-refractivity contribution is -0.174. The maximum absolute atomic E-state index is 6.57. The highest BCUT2D eigenvalue weighted by Gasteiger charge is 2.42. The van der Waals surface area contributed by atoms with Crippen molar-refractivity contribution < 1.29 is 9.47 Å². The summed E-state index contributed by atoms with van der Waals surface area (Å²) >= 11 is 7.89. The van der Waals surface area contributed by atoms with Crippen molar-refractivity contribution in [2.45, 2.75) is 47.3 Å². The summed E-state index contributed by atoms with van der Waals surface area (Å²) < 4.78 is 14.9. The average molecular weight is 453 g/mol. The van der Waals surface area contributed by atoms with Gasteiger partial charge in [-0.05, 0) is 35.7 Å². The third kappa shape index (κ3) is 5.07. The monoisotopic (exact) mass is 452 g/mol. The number of hydrogen-bond donors (Lipinski definition) is 0. The van der Waals surface area contributed by atoms with E-state index in [0.717, 1.165) is 19.3 Å². The summed E-state index contributed by atoms with van der Waals surface area (Å²) in [5, 5.41) is 2.59. The fraction of sp³-hybridized carbons (Fsp3) is 0.320. The average Bonchev–Trinajstić information content (AvgIpc) is 3.44. The van der Waals surface area contributed by atoms with Crippen LogP contribution in [-0.4, -0.2) is 32.8 Å². The van der Waals surface area contributed by atoms with Gasteiger partial charge in [-0.1, -0.05) is 65.9 Å². The molecule has 5 rings (SSSR count). The Morgan fingerprint density at radius 2 is 2.10 bits per heavy atom. The van der Waals surface area contributed by atoms with Crippen LogP contribution in [0.1, 0.15) is 19.3 Å². The van der Waals surface area contributed by atoms with Crippen molar-refractivity contribution in [3.8, 4) is 0 Å². The first kappa shape index (κ1) is 20.8. The van der Waals surface area contributed by atoms with E-state index in [1.807, 2.05) is 17.1 Å². The minimum Gasteiger partial charge on any atom is -0.344 e. The molecule has 0 bridgehead atoms. The maximum Gasteiger partial charge on any atom is 0.188 e. The molecule has 1 saturated heterocycles. The van der Waals surface area contributed by atoms with Gasteiger partial charge in [0.25, 0.3) is 0 Å². The first-order valence-corrected chi connectivity index (χ1v) is 11.9. The zero-order chi connectivity index (χ0) is 21.1. The van der Waals surface area contributed by atoms with Gasteiger partial charge in [-0.15, -0.1) is 11.6 Å². The molecule has 4 nitrogen and oxygen atoms in total. The molecule has 2 aromatic carbocycles. The molecular weight excluding hydrogens is 428 g/mol. The van der Waals surface area contributed by atoms with Crippen LogP contribution in [0.5, 0.6) is 0 Å². The van der Waals surface area contributed by atoms with Gasteiger partial charge in [0.05, 0.1) is 24.9 Å². The standard InChI is InChI=1S/C25H25ClN2O2S/c26-22-8-5-19(6-9-22)11-12-25(17-28-14-13-27-18-28)29-16-24(30-25)31-23-10-7-20-3-1-2-4-21(20)15-23/h1-8,10,13-15,18,22,24H,9,11-12,16-17H2/t22?,24?,25-/m1/s1. The molecule has 3 aromatic rings. The Balaban J connectivity index is 1.29. The zero-order valence-corrected chi connectivity index (χ0v) is 18.8. The van der Waals surface area contributed by atoms with Crippen LogP contribution in [0.2, 0.25) is 0 Å². The van der Waals surface area contributed by atoms with Crippen LogP contribution in [-0.2, 0) is 16.0 Å². The number of alkyl halides is 1. The van der Waals surface area contributed by atoms with Gasteiger partial charge in [-0.3, -0.25) is 0 Å². The van der Waals surface area contributed by atoms with Crippen LogP contribution in [0, 0.1) is 0 Å². The summed E-state index contributed by atoms with van der Waals surface area (Å²) in [7, 11) is 0. The molecule has 0 amide bonds. The van der Waals surface area contributed by atoms with Crippen LogP contribution in [0.3, 0.4) is 0 Å². The molecule has 1 aliphatic carbocycles. The lowest BCUT2D eigenvalue weighted by Crippen LogP contribution is -2.36. The Labute approximate surface area is 191 Å². The topological polar surface area (TPSA) is 36.3 Å². The number of nitrogens with zero attached hydrogens (tertiary/aromatic N) is 2. The Bertz CT molecular complexity index is 1100. The molecule has 0 saturated carbocycles. The minimum absolute atomic E-state index is 0.0483. The van der Waals surface area contributed by atoms with Gasteiger partial charge in [-0.25, -0.2) is 4.98 Å². The normalized spacial score (nSPS) is 25.8. The zero-order valence-electron chi connectivity index (χ0n) is 17.2. The van der Waals surface area contributed by atoms with Crippen LogP contribution in [0.25, 0.3) is 10.8 Å². The van der Waals surface area contributed by atoms with E-state index in [1.54, 1.807) is 18.0 Å². The Morgan fingerprint density at radius 3 is 2.90 bits per heavy atom. The second-order valence-corrected chi connectivity index (χ2v) is 9.81. The Morgan fingerprint density at radius 1 is 1.19 bits per heavy atom. The minimum atomic E-state index is -0.665. The third-order valence-electron chi connectivity index (χ3n) is 5.72. The van der Waals surface area contributed by atoms with Crippen molar-refractivity contribution in [2.24, 2.45) is 0 Å². The van der Waals surface area contributed by atoms with Crippen LogP contribution >= 0.6 is 23.4 Å². The first-order chi connectivity index (χ1) is 15.2. The predicted molar refractivity (Wildman–Crippen MR) is 126 cm³/mol. The number of thioether (sulfide) groups is 1. The van der Waals surface area contributed by atoms with Crippen molar-refractivity contribution in [1.82, 2.24) is 9.55 Å². The fourth-order valence-electron chi connectivity index (χ4n) is 4.09. The van der Waals surface area contributed by atoms with Gasteiger partial charge in [-0.2, -0.15) is 0 Å². The van der Waals surface area contributed by atoms with E-state index in [2.05, 4.69) is 65.7 Å². The number of imidazole rings is 1. The van der Waals surface area contributed by atoms with E-state index in [1.165, 1.54) is 21.2 Å². The first-order valence-electron chi connectivity index (χ1n) is 10.6. The smallest absolute Gasteiger partial charge is 0.188 e. The molecular formula is C25H25ClN2O2S. The highest BCUT2D eigenvalue weighted by molar-refractivity contribution is 7.99. The molecule has 1 aliphatic heterocycles. The number of rotatable bonds is 7. The van der Waals surface area contributed by atoms with Crippen molar-refractivity contribution in [1.29, 1.82) is 0 Å². The highest BCUT2D eigenvalue weighted by atomic mass is 35.5. The van der Waals surface area contributed by atoms with Gasteiger partial charge in [0.15, 0.2) is 5.79 Å². The molecule has 6 heteroatoms. The summed E-state index contributed by atoms with van der Waals surface area (Å²) in [4.78, 5) is 5.37. The summed E-state index contributed by atoms with van der Waals surface area (Å²) in [6.45, 7) is 1.18. The molecule has 0 spiro atoms. The van der Waals surface area contributed by atoms with E-state index in [-0.39, 0.29) is 10.8 Å². The molecule has 0 N–H and O–H groups in total. The van der Waals surface area contributed by atoms with Gasteiger partial charge < -0.3 is 14.0 Å². The number of halogens is 1. The van der Waals surface area contributed by atoms with Crippen molar-refractivity contribution in [3.05, 3.63) is 85.0 Å². The Kier molecular flexibility index (Phi) is 6.19. The second-order valence-electron chi connectivity index (χ2n) is 8.02. The van der Waals surface area contributed by atoms with Gasteiger partial charge in [0.2, 0.25) is 0 Å². The van der Waals surface area contributed by atoms with Crippen molar-refractivity contribution in [2.75, 3.05) is 6.61 Å². The Hall–Kier alpha value is -2.05. The second kappa shape index (κ2) is 9.21. The highest BCUT2D eigenvalue weighted by Crippen LogP contribution is 2.39. The molecule has 0 radical (unpaired) electrons. The SMILES string of the molecule is ClC1C=CC(CC[C@@]2(Cn3ccnc3)OCC(Sc3ccc4ccccc4c3)O2)=CC1.